The number of rotatable bonds is 10. The number of nitrogens with one attached hydrogen (secondary N) is 1. The van der Waals surface area contributed by atoms with Gasteiger partial charge in [-0.25, -0.2) is 8.42 Å². The molecule has 0 atom stereocenters. The molecule has 0 spiro atoms. The Balaban J connectivity index is 1.99. The molecule has 0 fully saturated rings. The molecule has 0 bridgehead atoms. The molecule has 6 nitrogen and oxygen atoms in total. The van der Waals surface area contributed by atoms with Crippen molar-refractivity contribution in [2.75, 3.05) is 29.0 Å². The molecule has 0 saturated heterocycles. The molecule has 0 aliphatic carbocycles. The van der Waals surface area contributed by atoms with Gasteiger partial charge < -0.3 is 10.1 Å². The minimum Gasteiger partial charge on any atom is -0.492 e. The third-order valence-electron chi connectivity index (χ3n) is 4.46. The maximum absolute atomic E-state index is 12.3. The lowest BCUT2D eigenvalue weighted by Gasteiger charge is -2.24. The Hall–Kier alpha value is -2.54. The average Bonchev–Trinajstić information content (AvgIpc) is 2.66. The maximum atomic E-state index is 12.3. The standard InChI is InChI=1S/C22H30N2O4S/c1-5-28-21-10-7-6-9-20(21)24(29(4,26)27)16-8-11-22(25)23-19-14-12-18(13-15-19)17(2)3/h6-7,9-10,12-15,17H,5,8,11,16H2,1-4H3,(H,23,25). The molecule has 1 N–H and O–H groups in total. The van der Waals surface area contributed by atoms with Crippen LogP contribution in [0.5, 0.6) is 5.75 Å². The zero-order valence-corrected chi connectivity index (χ0v) is 18.3. The number of sulfonamides is 1. The number of para-hydroxylation sites is 2. The van der Waals surface area contributed by atoms with Gasteiger partial charge in [-0.15, -0.1) is 0 Å². The SMILES string of the molecule is CCOc1ccccc1N(CCCC(=O)Nc1ccc(C(C)C)cc1)S(C)(=O)=O. The number of nitrogens with zero attached hydrogens (tertiary/aromatic N) is 1. The molecule has 2 aromatic carbocycles. The third-order valence-corrected chi connectivity index (χ3v) is 5.64. The van der Waals surface area contributed by atoms with Crippen molar-refractivity contribution >= 4 is 27.3 Å². The van der Waals surface area contributed by atoms with E-state index in [0.717, 1.165) is 11.9 Å². The molecule has 0 radical (unpaired) electrons. The second kappa shape index (κ2) is 10.3. The van der Waals surface area contributed by atoms with E-state index in [2.05, 4.69) is 19.2 Å². The monoisotopic (exact) mass is 418 g/mol. The van der Waals surface area contributed by atoms with Crippen LogP contribution in [0, 0.1) is 0 Å². The summed E-state index contributed by atoms with van der Waals surface area (Å²) in [4.78, 5) is 12.3. The van der Waals surface area contributed by atoms with Crippen molar-refractivity contribution in [2.24, 2.45) is 0 Å². The molecular weight excluding hydrogens is 388 g/mol. The molecule has 0 unspecified atom stereocenters. The fourth-order valence-electron chi connectivity index (χ4n) is 2.96. The van der Waals surface area contributed by atoms with Crippen LogP contribution in [0.15, 0.2) is 48.5 Å². The average molecular weight is 419 g/mol. The minimum absolute atomic E-state index is 0.145. The summed E-state index contributed by atoms with van der Waals surface area (Å²) in [7, 11) is -3.51. The Morgan fingerprint density at radius 1 is 1.10 bits per heavy atom. The number of anilines is 2. The lowest BCUT2D eigenvalue weighted by molar-refractivity contribution is -0.116. The Bertz CT molecular complexity index is 909. The van der Waals surface area contributed by atoms with Crippen LogP contribution in [0.3, 0.4) is 0 Å². The van der Waals surface area contributed by atoms with E-state index in [-0.39, 0.29) is 18.9 Å². The first kappa shape index (κ1) is 22.7. The van der Waals surface area contributed by atoms with Crippen LogP contribution in [0.1, 0.15) is 45.1 Å². The highest BCUT2D eigenvalue weighted by Crippen LogP contribution is 2.30. The van der Waals surface area contributed by atoms with Gasteiger partial charge in [0.1, 0.15) is 5.75 Å². The van der Waals surface area contributed by atoms with Crippen molar-refractivity contribution < 1.29 is 17.9 Å². The van der Waals surface area contributed by atoms with Crippen molar-refractivity contribution in [3.8, 4) is 5.75 Å². The van der Waals surface area contributed by atoms with E-state index in [1.54, 1.807) is 24.3 Å². The van der Waals surface area contributed by atoms with Crippen LogP contribution in [0.25, 0.3) is 0 Å². The predicted molar refractivity (Wildman–Crippen MR) is 118 cm³/mol. The molecule has 158 valence electrons. The van der Waals surface area contributed by atoms with Crippen LogP contribution < -0.4 is 14.4 Å². The molecule has 0 saturated carbocycles. The summed E-state index contributed by atoms with van der Waals surface area (Å²) in [6.45, 7) is 6.71. The largest absolute Gasteiger partial charge is 0.492 e. The molecular formula is C22H30N2O4S. The summed E-state index contributed by atoms with van der Waals surface area (Å²) < 4.78 is 31.5. The Kier molecular flexibility index (Phi) is 8.08. The second-order valence-electron chi connectivity index (χ2n) is 7.16. The number of carbonyl (C=O) groups excluding carboxylic acids is 1. The first-order valence-corrected chi connectivity index (χ1v) is 11.7. The van der Waals surface area contributed by atoms with Crippen LogP contribution in [0.4, 0.5) is 11.4 Å². The van der Waals surface area contributed by atoms with Gasteiger partial charge in [0, 0.05) is 18.7 Å². The lowest BCUT2D eigenvalue weighted by Crippen LogP contribution is -2.31. The van der Waals surface area contributed by atoms with E-state index < -0.39 is 10.0 Å². The van der Waals surface area contributed by atoms with Gasteiger partial charge in [-0.1, -0.05) is 38.1 Å². The molecule has 0 aromatic heterocycles. The molecule has 7 heteroatoms. The number of benzene rings is 2. The van der Waals surface area contributed by atoms with Gasteiger partial charge in [0.15, 0.2) is 0 Å². The fourth-order valence-corrected chi connectivity index (χ4v) is 3.93. The van der Waals surface area contributed by atoms with Crippen LogP contribution in [-0.4, -0.2) is 33.7 Å². The van der Waals surface area contributed by atoms with E-state index in [0.29, 0.717) is 30.4 Å². The van der Waals surface area contributed by atoms with Gasteiger partial charge in [0.05, 0.1) is 18.6 Å². The summed E-state index contributed by atoms with van der Waals surface area (Å²) in [6, 6.07) is 14.8. The van der Waals surface area contributed by atoms with Crippen molar-refractivity contribution in [1.82, 2.24) is 0 Å². The molecule has 2 aromatic rings. The second-order valence-corrected chi connectivity index (χ2v) is 9.07. The quantitative estimate of drug-likeness (QED) is 0.621. The number of hydrogen-bond donors (Lipinski definition) is 1. The summed E-state index contributed by atoms with van der Waals surface area (Å²) in [6.07, 6.45) is 1.77. The molecule has 0 aliphatic rings. The highest BCUT2D eigenvalue weighted by atomic mass is 32.2. The van der Waals surface area contributed by atoms with Gasteiger partial charge >= 0.3 is 0 Å². The number of ether oxygens (including phenoxy) is 1. The van der Waals surface area contributed by atoms with E-state index in [1.807, 2.05) is 31.2 Å². The maximum Gasteiger partial charge on any atom is 0.232 e. The van der Waals surface area contributed by atoms with Gasteiger partial charge in [-0.2, -0.15) is 0 Å². The molecule has 0 aliphatic heterocycles. The smallest absolute Gasteiger partial charge is 0.232 e. The Labute approximate surface area is 173 Å². The zero-order chi connectivity index (χ0) is 21.4. The first-order chi connectivity index (χ1) is 13.7. The Morgan fingerprint density at radius 3 is 2.34 bits per heavy atom. The van der Waals surface area contributed by atoms with Crippen molar-refractivity contribution in [3.63, 3.8) is 0 Å². The van der Waals surface area contributed by atoms with E-state index in [9.17, 15) is 13.2 Å². The van der Waals surface area contributed by atoms with Gasteiger partial charge in [-0.3, -0.25) is 9.10 Å². The van der Waals surface area contributed by atoms with E-state index >= 15 is 0 Å². The minimum atomic E-state index is -3.51. The van der Waals surface area contributed by atoms with Crippen LogP contribution in [0.2, 0.25) is 0 Å². The third kappa shape index (κ3) is 6.78. The zero-order valence-electron chi connectivity index (χ0n) is 17.5. The lowest BCUT2D eigenvalue weighted by atomic mass is 10.0. The van der Waals surface area contributed by atoms with Crippen LogP contribution >= 0.6 is 0 Å². The van der Waals surface area contributed by atoms with E-state index in [1.165, 1.54) is 9.87 Å². The van der Waals surface area contributed by atoms with Crippen molar-refractivity contribution in [2.45, 2.75) is 39.5 Å². The van der Waals surface area contributed by atoms with Crippen LogP contribution in [-0.2, 0) is 14.8 Å². The summed E-state index contributed by atoms with van der Waals surface area (Å²) in [5, 5.41) is 2.86. The summed E-state index contributed by atoms with van der Waals surface area (Å²) >= 11 is 0. The Morgan fingerprint density at radius 2 is 1.76 bits per heavy atom. The summed E-state index contributed by atoms with van der Waals surface area (Å²) in [5.74, 6) is 0.797. The van der Waals surface area contributed by atoms with Crippen molar-refractivity contribution in [1.29, 1.82) is 0 Å². The number of amides is 1. The molecule has 1 amide bonds. The van der Waals surface area contributed by atoms with Gasteiger partial charge in [0.2, 0.25) is 15.9 Å². The summed E-state index contributed by atoms with van der Waals surface area (Å²) in [5.41, 5.74) is 2.43. The topological polar surface area (TPSA) is 75.7 Å². The molecule has 29 heavy (non-hydrogen) atoms. The fraction of sp³-hybridized carbons (Fsp3) is 0.409. The van der Waals surface area contributed by atoms with Gasteiger partial charge in [0.25, 0.3) is 0 Å². The van der Waals surface area contributed by atoms with Crippen molar-refractivity contribution in [3.05, 3.63) is 54.1 Å². The highest BCUT2D eigenvalue weighted by molar-refractivity contribution is 7.92. The number of carbonyl (C=O) groups is 1. The molecule has 2 rings (SSSR count). The number of hydrogen-bond acceptors (Lipinski definition) is 4. The highest BCUT2D eigenvalue weighted by Gasteiger charge is 2.21. The first-order valence-electron chi connectivity index (χ1n) is 9.81. The van der Waals surface area contributed by atoms with E-state index in [4.69, 9.17) is 4.74 Å². The normalized spacial score (nSPS) is 11.3. The molecule has 0 heterocycles. The predicted octanol–water partition coefficient (Wildman–Crippen LogP) is 4.39. The van der Waals surface area contributed by atoms with Gasteiger partial charge in [-0.05, 0) is 49.1 Å².